The van der Waals surface area contributed by atoms with E-state index in [1.54, 1.807) is 0 Å². The highest BCUT2D eigenvalue weighted by Crippen LogP contribution is 2.00. The number of nitrogens with one attached hydrogen (secondary N) is 2. The summed E-state index contributed by atoms with van der Waals surface area (Å²) >= 11 is 0. The minimum Gasteiger partial charge on any atom is -0.340 e. The molecule has 6 heteroatoms. The highest BCUT2D eigenvalue weighted by molar-refractivity contribution is 6.13. The van der Waals surface area contributed by atoms with Crippen LogP contribution in [0.3, 0.4) is 0 Å². The molecule has 2 heterocycles. The number of hydrogen-bond donors (Lipinski definition) is 2. The van der Waals surface area contributed by atoms with E-state index in [0.29, 0.717) is 5.96 Å². The molecule has 0 radical (unpaired) electrons. The minimum absolute atomic E-state index is 0.129. The summed E-state index contributed by atoms with van der Waals surface area (Å²) in [6.07, 6.45) is -0.129. The first-order valence-corrected chi connectivity index (χ1v) is 4.63. The molecule has 0 unspecified atom stereocenters. The predicted octanol–water partition coefficient (Wildman–Crippen LogP) is -1.71. The molecule has 0 aromatic heterocycles. The first-order valence-electron chi connectivity index (χ1n) is 4.63. The molecule has 2 rings (SSSR count). The standard InChI is InChI=1S/C8H12N4O2/c13-6-5-7(14)11-8(10-6)12-3-1-9-2-4-12/h9H,1-5H2,(H,10,11,13,14). The minimum atomic E-state index is -0.359. The van der Waals surface area contributed by atoms with Gasteiger partial charge in [0.2, 0.25) is 11.9 Å². The molecule has 1 saturated heterocycles. The molecule has 0 spiro atoms. The lowest BCUT2D eigenvalue weighted by molar-refractivity contribution is -0.127. The van der Waals surface area contributed by atoms with Crippen LogP contribution in [0, 0.1) is 0 Å². The highest BCUT2D eigenvalue weighted by Gasteiger charge is 2.23. The molecule has 2 amide bonds. The molecule has 0 aliphatic carbocycles. The molecule has 6 nitrogen and oxygen atoms in total. The fourth-order valence-corrected chi connectivity index (χ4v) is 1.52. The van der Waals surface area contributed by atoms with E-state index in [1.807, 2.05) is 4.90 Å². The van der Waals surface area contributed by atoms with E-state index in [2.05, 4.69) is 15.6 Å². The Morgan fingerprint density at radius 1 is 1.21 bits per heavy atom. The maximum atomic E-state index is 11.1. The lowest BCUT2D eigenvalue weighted by Gasteiger charge is -2.31. The van der Waals surface area contributed by atoms with E-state index in [1.165, 1.54) is 0 Å². The largest absolute Gasteiger partial charge is 0.340 e. The summed E-state index contributed by atoms with van der Waals surface area (Å²) in [4.78, 5) is 27.8. The molecule has 0 aromatic rings. The Morgan fingerprint density at radius 3 is 2.57 bits per heavy atom. The summed E-state index contributed by atoms with van der Waals surface area (Å²) in [5.41, 5.74) is 0. The maximum Gasteiger partial charge on any atom is 0.258 e. The average Bonchev–Trinajstić information content (AvgIpc) is 2.18. The van der Waals surface area contributed by atoms with Crippen molar-refractivity contribution in [3.8, 4) is 0 Å². The lowest BCUT2D eigenvalue weighted by Crippen LogP contribution is -2.54. The first-order chi connectivity index (χ1) is 6.75. The van der Waals surface area contributed by atoms with Gasteiger partial charge in [0.1, 0.15) is 6.42 Å². The van der Waals surface area contributed by atoms with Crippen LogP contribution in [0.2, 0.25) is 0 Å². The monoisotopic (exact) mass is 196 g/mol. The lowest BCUT2D eigenvalue weighted by atomic mass is 10.3. The summed E-state index contributed by atoms with van der Waals surface area (Å²) < 4.78 is 0. The van der Waals surface area contributed by atoms with Crippen molar-refractivity contribution in [2.24, 2.45) is 4.99 Å². The molecule has 76 valence electrons. The highest BCUT2D eigenvalue weighted by atomic mass is 16.2. The van der Waals surface area contributed by atoms with Gasteiger partial charge in [-0.15, -0.1) is 0 Å². The Morgan fingerprint density at radius 2 is 1.93 bits per heavy atom. The zero-order valence-electron chi connectivity index (χ0n) is 7.75. The Kier molecular flexibility index (Phi) is 2.45. The number of nitrogens with zero attached hydrogens (tertiary/aromatic N) is 2. The van der Waals surface area contributed by atoms with Crippen molar-refractivity contribution in [1.29, 1.82) is 0 Å². The topological polar surface area (TPSA) is 73.8 Å². The molecule has 1 fully saturated rings. The van der Waals surface area contributed by atoms with Crippen molar-refractivity contribution < 1.29 is 9.59 Å². The van der Waals surface area contributed by atoms with Gasteiger partial charge in [-0.25, -0.2) is 0 Å². The molecule has 0 bridgehead atoms. The van der Waals surface area contributed by atoms with Gasteiger partial charge in [0.25, 0.3) is 5.91 Å². The van der Waals surface area contributed by atoms with Crippen LogP contribution in [0.25, 0.3) is 0 Å². The Bertz CT molecular complexity index is 294. The van der Waals surface area contributed by atoms with Crippen molar-refractivity contribution >= 4 is 17.8 Å². The van der Waals surface area contributed by atoms with Crippen molar-refractivity contribution in [2.75, 3.05) is 26.2 Å². The van der Waals surface area contributed by atoms with Gasteiger partial charge in [-0.3, -0.25) is 14.9 Å². The third-order valence-electron chi connectivity index (χ3n) is 2.21. The van der Waals surface area contributed by atoms with E-state index in [9.17, 15) is 9.59 Å². The van der Waals surface area contributed by atoms with Crippen LogP contribution in [0.15, 0.2) is 4.99 Å². The van der Waals surface area contributed by atoms with Crippen molar-refractivity contribution in [1.82, 2.24) is 15.5 Å². The van der Waals surface area contributed by atoms with Gasteiger partial charge in [0.15, 0.2) is 0 Å². The second-order valence-corrected chi connectivity index (χ2v) is 3.29. The number of hydrogen-bond acceptors (Lipinski definition) is 4. The fraction of sp³-hybridized carbons (Fsp3) is 0.625. The zero-order chi connectivity index (χ0) is 9.97. The van der Waals surface area contributed by atoms with Crippen LogP contribution in [-0.4, -0.2) is 48.9 Å². The quantitative estimate of drug-likeness (QED) is 0.453. The van der Waals surface area contributed by atoms with Crippen molar-refractivity contribution in [3.05, 3.63) is 0 Å². The smallest absolute Gasteiger partial charge is 0.258 e. The molecule has 14 heavy (non-hydrogen) atoms. The molecule has 2 aliphatic heterocycles. The second-order valence-electron chi connectivity index (χ2n) is 3.29. The van der Waals surface area contributed by atoms with Gasteiger partial charge in [-0.1, -0.05) is 0 Å². The summed E-state index contributed by atoms with van der Waals surface area (Å²) in [6, 6.07) is 0. The summed E-state index contributed by atoms with van der Waals surface area (Å²) in [6.45, 7) is 3.24. The normalized spacial score (nSPS) is 23.1. The molecular formula is C8H12N4O2. The molecule has 0 atom stereocenters. The number of piperazine rings is 1. The number of rotatable bonds is 0. The third kappa shape index (κ3) is 1.90. The van der Waals surface area contributed by atoms with Crippen molar-refractivity contribution in [3.63, 3.8) is 0 Å². The maximum absolute atomic E-state index is 11.1. The van der Waals surface area contributed by atoms with Gasteiger partial charge < -0.3 is 10.2 Å². The Hall–Kier alpha value is -1.43. The van der Waals surface area contributed by atoms with Crippen molar-refractivity contribution in [2.45, 2.75) is 6.42 Å². The van der Waals surface area contributed by atoms with E-state index < -0.39 is 0 Å². The predicted molar refractivity (Wildman–Crippen MR) is 49.6 cm³/mol. The number of carbonyl (C=O) groups excluding carboxylic acids is 2. The number of amides is 2. The van der Waals surface area contributed by atoms with Gasteiger partial charge >= 0.3 is 0 Å². The zero-order valence-corrected chi connectivity index (χ0v) is 7.75. The molecule has 0 aromatic carbocycles. The second kappa shape index (κ2) is 3.75. The van der Waals surface area contributed by atoms with E-state index in [0.717, 1.165) is 26.2 Å². The number of aliphatic imine (C=N–C) groups is 1. The van der Waals surface area contributed by atoms with Crippen LogP contribution in [0.4, 0.5) is 0 Å². The van der Waals surface area contributed by atoms with Crippen LogP contribution in [-0.2, 0) is 9.59 Å². The van der Waals surface area contributed by atoms with E-state index in [4.69, 9.17) is 0 Å². The van der Waals surface area contributed by atoms with Gasteiger partial charge in [-0.2, -0.15) is 4.99 Å². The summed E-state index contributed by atoms with van der Waals surface area (Å²) in [7, 11) is 0. The van der Waals surface area contributed by atoms with Crippen LogP contribution >= 0.6 is 0 Å². The SMILES string of the molecule is O=C1CC(=O)NC(N2CCNCC2)=N1. The van der Waals surface area contributed by atoms with Gasteiger partial charge in [0, 0.05) is 26.2 Å². The van der Waals surface area contributed by atoms with E-state index >= 15 is 0 Å². The van der Waals surface area contributed by atoms with Gasteiger partial charge in [-0.05, 0) is 0 Å². The Balaban J connectivity index is 2.08. The summed E-state index contributed by atoms with van der Waals surface area (Å²) in [5, 5.41) is 5.79. The number of carbonyl (C=O) groups is 2. The molecule has 2 N–H and O–H groups in total. The molecule has 2 aliphatic rings. The first kappa shape index (κ1) is 9.14. The third-order valence-corrected chi connectivity index (χ3v) is 2.21. The fourth-order valence-electron chi connectivity index (χ4n) is 1.52. The van der Waals surface area contributed by atoms with Crippen LogP contribution in [0.1, 0.15) is 6.42 Å². The average molecular weight is 196 g/mol. The molecular weight excluding hydrogens is 184 g/mol. The molecule has 0 saturated carbocycles. The van der Waals surface area contributed by atoms with E-state index in [-0.39, 0.29) is 18.2 Å². The van der Waals surface area contributed by atoms with Crippen LogP contribution < -0.4 is 10.6 Å². The van der Waals surface area contributed by atoms with Crippen LogP contribution in [0.5, 0.6) is 0 Å². The number of guanidine groups is 1. The van der Waals surface area contributed by atoms with Gasteiger partial charge in [0.05, 0.1) is 0 Å². The Labute approximate surface area is 81.4 Å². The summed E-state index contributed by atoms with van der Waals surface area (Å²) in [5.74, 6) is -0.214.